The molecule has 0 atom stereocenters. The van der Waals surface area contributed by atoms with Crippen molar-refractivity contribution in [1.82, 2.24) is 16.2 Å². The van der Waals surface area contributed by atoms with E-state index in [0.717, 1.165) is 0 Å². The van der Waals surface area contributed by atoms with Crippen molar-refractivity contribution < 1.29 is 19.1 Å². The fourth-order valence-corrected chi connectivity index (χ4v) is 3.45. The Hall–Kier alpha value is -3.06. The highest BCUT2D eigenvalue weighted by atomic mass is 16.6. The first-order valence-corrected chi connectivity index (χ1v) is 10.2. The summed E-state index contributed by atoms with van der Waals surface area (Å²) in [7, 11) is 0. The van der Waals surface area contributed by atoms with Crippen molar-refractivity contribution in [3.63, 3.8) is 0 Å². The van der Waals surface area contributed by atoms with E-state index in [4.69, 9.17) is 9.47 Å². The Balaban J connectivity index is 1.37. The monoisotopic (exact) mass is 411 g/mol. The molecule has 0 aliphatic heterocycles. The summed E-state index contributed by atoms with van der Waals surface area (Å²) in [6.07, 6.45) is -0.355. The van der Waals surface area contributed by atoms with E-state index in [2.05, 4.69) is 40.4 Å². The number of carbonyl (C=O) groups excluding carboxylic acids is 2. The van der Waals surface area contributed by atoms with Crippen LogP contribution in [0.1, 0.15) is 44.2 Å². The van der Waals surface area contributed by atoms with Gasteiger partial charge in [-0.05, 0) is 49.4 Å². The van der Waals surface area contributed by atoms with Crippen LogP contribution in [0, 0.1) is 0 Å². The first-order valence-electron chi connectivity index (χ1n) is 10.2. The molecule has 0 saturated carbocycles. The minimum Gasteiger partial charge on any atom is -0.448 e. The van der Waals surface area contributed by atoms with E-state index >= 15 is 0 Å². The van der Waals surface area contributed by atoms with Crippen LogP contribution < -0.4 is 16.2 Å². The summed E-state index contributed by atoms with van der Waals surface area (Å²) in [5, 5.41) is 2.66. The van der Waals surface area contributed by atoms with Gasteiger partial charge in [-0.3, -0.25) is 5.43 Å². The number of benzene rings is 2. The molecular formula is C23H29N3O4. The van der Waals surface area contributed by atoms with Crippen molar-refractivity contribution in [1.29, 1.82) is 0 Å². The third-order valence-electron chi connectivity index (χ3n) is 4.68. The third kappa shape index (κ3) is 5.73. The zero-order chi connectivity index (χ0) is 21.6. The standard InChI is InChI=1S/C23H29N3O4/c1-23(2,3)30-21(27)24-13-8-14-25-26-22(28)29-15-20-18-11-6-4-9-16(18)17-10-5-7-12-19(17)20/h4-7,9-12,20,25H,8,13-15H2,1-3H3,(H,24,27)(H,26,28). The van der Waals surface area contributed by atoms with E-state index in [0.29, 0.717) is 19.5 Å². The van der Waals surface area contributed by atoms with Crippen LogP contribution in [-0.2, 0) is 9.47 Å². The van der Waals surface area contributed by atoms with Gasteiger partial charge in [0.1, 0.15) is 12.2 Å². The normalized spacial score (nSPS) is 12.6. The zero-order valence-corrected chi connectivity index (χ0v) is 17.7. The number of amides is 2. The minimum atomic E-state index is -0.531. The lowest BCUT2D eigenvalue weighted by Crippen LogP contribution is -2.40. The molecule has 0 spiro atoms. The van der Waals surface area contributed by atoms with Crippen LogP contribution in [0.15, 0.2) is 48.5 Å². The molecule has 2 amide bonds. The summed E-state index contributed by atoms with van der Waals surface area (Å²) < 4.78 is 10.6. The lowest BCUT2D eigenvalue weighted by atomic mass is 9.98. The predicted molar refractivity (Wildman–Crippen MR) is 115 cm³/mol. The van der Waals surface area contributed by atoms with Gasteiger partial charge in [0.05, 0.1) is 0 Å². The fourth-order valence-electron chi connectivity index (χ4n) is 3.45. The molecule has 2 aromatic carbocycles. The number of rotatable bonds is 7. The topological polar surface area (TPSA) is 88.7 Å². The largest absolute Gasteiger partial charge is 0.448 e. The zero-order valence-electron chi connectivity index (χ0n) is 17.7. The molecule has 0 saturated heterocycles. The van der Waals surface area contributed by atoms with Crippen LogP contribution in [0.25, 0.3) is 11.1 Å². The number of fused-ring (bicyclic) bond motifs is 3. The maximum absolute atomic E-state index is 12.0. The minimum absolute atomic E-state index is 0.0289. The molecule has 0 fully saturated rings. The number of ether oxygens (including phenoxy) is 2. The Bertz CT molecular complexity index is 847. The number of hydrogen-bond acceptors (Lipinski definition) is 5. The van der Waals surface area contributed by atoms with Crippen LogP contribution in [-0.4, -0.2) is 37.5 Å². The molecule has 1 aliphatic carbocycles. The quantitative estimate of drug-likeness (QED) is 0.474. The first kappa shape index (κ1) is 21.6. The van der Waals surface area contributed by atoms with Gasteiger partial charge in [-0.25, -0.2) is 15.0 Å². The Kier molecular flexibility index (Phi) is 6.95. The Morgan fingerprint density at radius 3 is 2.10 bits per heavy atom. The van der Waals surface area contributed by atoms with Crippen LogP contribution in [0.2, 0.25) is 0 Å². The molecule has 3 rings (SSSR count). The van der Waals surface area contributed by atoms with E-state index in [1.807, 2.05) is 45.0 Å². The van der Waals surface area contributed by atoms with E-state index in [1.165, 1.54) is 22.3 Å². The lowest BCUT2D eigenvalue weighted by molar-refractivity contribution is 0.0527. The highest BCUT2D eigenvalue weighted by Gasteiger charge is 2.28. The first-order chi connectivity index (χ1) is 14.3. The molecule has 30 heavy (non-hydrogen) atoms. The van der Waals surface area contributed by atoms with Gasteiger partial charge in [0, 0.05) is 19.0 Å². The molecule has 0 unspecified atom stereocenters. The Morgan fingerprint density at radius 2 is 1.50 bits per heavy atom. The maximum atomic E-state index is 12.0. The van der Waals surface area contributed by atoms with Gasteiger partial charge < -0.3 is 14.8 Å². The van der Waals surface area contributed by atoms with Gasteiger partial charge in [-0.15, -0.1) is 0 Å². The Labute approximate surface area is 177 Å². The summed E-state index contributed by atoms with van der Waals surface area (Å²) in [4.78, 5) is 23.6. The summed E-state index contributed by atoms with van der Waals surface area (Å²) in [6, 6.07) is 16.4. The summed E-state index contributed by atoms with van der Waals surface area (Å²) >= 11 is 0. The van der Waals surface area contributed by atoms with Crippen molar-refractivity contribution >= 4 is 12.2 Å². The van der Waals surface area contributed by atoms with Gasteiger partial charge in [-0.2, -0.15) is 0 Å². The van der Waals surface area contributed by atoms with Gasteiger partial charge in [0.15, 0.2) is 0 Å². The van der Waals surface area contributed by atoms with Gasteiger partial charge in [-0.1, -0.05) is 48.5 Å². The van der Waals surface area contributed by atoms with Crippen molar-refractivity contribution in [3.8, 4) is 11.1 Å². The predicted octanol–water partition coefficient (Wildman–Crippen LogP) is 3.94. The molecule has 0 heterocycles. The second-order valence-corrected chi connectivity index (χ2v) is 8.16. The molecule has 0 aromatic heterocycles. The van der Waals surface area contributed by atoms with Crippen LogP contribution >= 0.6 is 0 Å². The van der Waals surface area contributed by atoms with E-state index in [1.54, 1.807) is 0 Å². The molecule has 1 aliphatic rings. The number of alkyl carbamates (subject to hydrolysis) is 1. The Morgan fingerprint density at radius 1 is 0.900 bits per heavy atom. The van der Waals surface area contributed by atoms with Crippen molar-refractivity contribution in [2.45, 2.75) is 38.7 Å². The molecular weight excluding hydrogens is 382 g/mol. The molecule has 0 radical (unpaired) electrons. The average molecular weight is 412 g/mol. The number of hydrogen-bond donors (Lipinski definition) is 3. The van der Waals surface area contributed by atoms with E-state index in [-0.39, 0.29) is 12.5 Å². The third-order valence-corrected chi connectivity index (χ3v) is 4.68. The summed E-state index contributed by atoms with van der Waals surface area (Å²) in [5.74, 6) is 0.0289. The number of nitrogens with one attached hydrogen (secondary N) is 3. The highest BCUT2D eigenvalue weighted by molar-refractivity contribution is 5.79. The smallest absolute Gasteiger partial charge is 0.421 e. The van der Waals surface area contributed by atoms with Crippen LogP contribution in [0.4, 0.5) is 9.59 Å². The summed E-state index contributed by atoms with van der Waals surface area (Å²) in [5.41, 5.74) is 9.54. The number of hydrazine groups is 1. The van der Waals surface area contributed by atoms with Crippen LogP contribution in [0.5, 0.6) is 0 Å². The van der Waals surface area contributed by atoms with E-state index in [9.17, 15) is 9.59 Å². The molecule has 7 heteroatoms. The SMILES string of the molecule is CC(C)(C)OC(=O)NCCCNNC(=O)OCC1c2ccccc2-c2ccccc21. The van der Waals surface area contributed by atoms with Crippen molar-refractivity contribution in [2.75, 3.05) is 19.7 Å². The molecule has 7 nitrogen and oxygen atoms in total. The van der Waals surface area contributed by atoms with E-state index < -0.39 is 17.8 Å². The second-order valence-electron chi connectivity index (χ2n) is 8.16. The molecule has 160 valence electrons. The second kappa shape index (κ2) is 9.63. The average Bonchev–Trinajstić information content (AvgIpc) is 3.01. The van der Waals surface area contributed by atoms with Crippen molar-refractivity contribution in [3.05, 3.63) is 59.7 Å². The van der Waals surface area contributed by atoms with Gasteiger partial charge in [0.25, 0.3) is 0 Å². The lowest BCUT2D eigenvalue weighted by Gasteiger charge is -2.19. The maximum Gasteiger partial charge on any atom is 0.421 e. The van der Waals surface area contributed by atoms with Gasteiger partial charge >= 0.3 is 12.2 Å². The molecule has 3 N–H and O–H groups in total. The fraction of sp³-hybridized carbons (Fsp3) is 0.391. The van der Waals surface area contributed by atoms with Gasteiger partial charge in [0.2, 0.25) is 0 Å². The molecule has 0 bridgehead atoms. The van der Waals surface area contributed by atoms with Crippen molar-refractivity contribution in [2.24, 2.45) is 0 Å². The highest BCUT2D eigenvalue weighted by Crippen LogP contribution is 2.44. The molecule has 2 aromatic rings. The van der Waals surface area contributed by atoms with Crippen LogP contribution in [0.3, 0.4) is 0 Å². The summed E-state index contributed by atoms with van der Waals surface area (Å²) in [6.45, 7) is 6.63. The number of carbonyl (C=O) groups is 2.